The predicted molar refractivity (Wildman–Crippen MR) is 54.9 cm³/mol. The van der Waals surface area contributed by atoms with Gasteiger partial charge in [0.1, 0.15) is 0 Å². The van der Waals surface area contributed by atoms with Crippen LogP contribution in [0.15, 0.2) is 29.2 Å². The molecule has 76 valence electrons. The van der Waals surface area contributed by atoms with Crippen LogP contribution in [0.2, 0.25) is 0 Å². The molecule has 0 amide bonds. The van der Waals surface area contributed by atoms with E-state index in [0.717, 1.165) is 18.5 Å². The van der Waals surface area contributed by atoms with Gasteiger partial charge in [0.15, 0.2) is 9.84 Å². The molecule has 1 saturated heterocycles. The van der Waals surface area contributed by atoms with Gasteiger partial charge in [0, 0.05) is 12.3 Å². The molecule has 1 aliphatic heterocycles. The largest absolute Gasteiger partial charge is 0.310 e. The Hall–Kier alpha value is -0.870. The first-order valence-corrected chi connectivity index (χ1v) is 6.50. The summed E-state index contributed by atoms with van der Waals surface area (Å²) < 4.78 is 22.6. The Bertz CT molecular complexity index is 435. The Labute approximate surface area is 84.1 Å². The van der Waals surface area contributed by atoms with E-state index in [2.05, 4.69) is 5.32 Å². The minimum Gasteiger partial charge on any atom is -0.310 e. The summed E-state index contributed by atoms with van der Waals surface area (Å²) in [6, 6.07) is 7.50. The first kappa shape index (κ1) is 9.68. The molecular formula is C10H13NO2S. The maximum Gasteiger partial charge on any atom is 0.175 e. The summed E-state index contributed by atoms with van der Waals surface area (Å²) >= 11 is 0. The van der Waals surface area contributed by atoms with Crippen LogP contribution in [0.1, 0.15) is 18.0 Å². The zero-order valence-electron chi connectivity index (χ0n) is 8.03. The molecule has 4 heteroatoms. The lowest BCUT2D eigenvalue weighted by Gasteiger charge is -2.28. The molecule has 0 spiro atoms. The van der Waals surface area contributed by atoms with Gasteiger partial charge in [0.05, 0.1) is 4.90 Å². The lowest BCUT2D eigenvalue weighted by Crippen LogP contribution is -2.34. The second-order valence-electron chi connectivity index (χ2n) is 3.64. The van der Waals surface area contributed by atoms with Crippen molar-refractivity contribution in [3.05, 3.63) is 29.8 Å². The molecule has 2 rings (SSSR count). The third kappa shape index (κ3) is 1.81. The molecule has 1 atom stereocenters. The highest BCUT2D eigenvalue weighted by Gasteiger charge is 2.19. The van der Waals surface area contributed by atoms with Gasteiger partial charge in [-0.2, -0.15) is 0 Å². The van der Waals surface area contributed by atoms with E-state index >= 15 is 0 Å². The molecule has 1 fully saturated rings. The standard InChI is InChI=1S/C10H13NO2S/c1-14(12,13)9-4-2-3-8(7-9)10-5-6-11-10/h2-4,7,10-11H,5-6H2,1H3/t10-/m1/s1. The summed E-state index contributed by atoms with van der Waals surface area (Å²) in [5.74, 6) is 0. The van der Waals surface area contributed by atoms with E-state index in [-0.39, 0.29) is 0 Å². The van der Waals surface area contributed by atoms with Gasteiger partial charge in [-0.05, 0) is 30.7 Å². The fourth-order valence-electron chi connectivity index (χ4n) is 1.54. The normalized spacial score (nSPS) is 21.6. The molecule has 0 aliphatic carbocycles. The maximum atomic E-state index is 11.3. The highest BCUT2D eigenvalue weighted by Crippen LogP contribution is 2.24. The highest BCUT2D eigenvalue weighted by atomic mass is 32.2. The summed E-state index contributed by atoms with van der Waals surface area (Å²) in [6.45, 7) is 1.02. The van der Waals surface area contributed by atoms with Gasteiger partial charge in [0.25, 0.3) is 0 Å². The van der Waals surface area contributed by atoms with E-state index in [0.29, 0.717) is 10.9 Å². The van der Waals surface area contributed by atoms with Crippen LogP contribution in [0, 0.1) is 0 Å². The SMILES string of the molecule is CS(=O)(=O)c1cccc([C@H]2CCN2)c1. The van der Waals surface area contributed by atoms with E-state index in [1.165, 1.54) is 6.26 Å². The molecule has 1 N–H and O–H groups in total. The average Bonchev–Trinajstić information content (AvgIpc) is 2.00. The summed E-state index contributed by atoms with van der Waals surface area (Å²) in [5, 5.41) is 3.25. The molecule has 0 radical (unpaired) electrons. The van der Waals surface area contributed by atoms with E-state index in [1.807, 2.05) is 6.07 Å². The molecule has 1 aromatic rings. The highest BCUT2D eigenvalue weighted by molar-refractivity contribution is 7.90. The van der Waals surface area contributed by atoms with Crippen molar-refractivity contribution in [2.75, 3.05) is 12.8 Å². The number of hydrogen-bond acceptors (Lipinski definition) is 3. The molecular weight excluding hydrogens is 198 g/mol. The molecule has 0 unspecified atom stereocenters. The molecule has 1 aromatic carbocycles. The first-order valence-electron chi connectivity index (χ1n) is 4.61. The third-order valence-corrected chi connectivity index (χ3v) is 3.62. The number of benzene rings is 1. The molecule has 0 aromatic heterocycles. The fraction of sp³-hybridized carbons (Fsp3) is 0.400. The van der Waals surface area contributed by atoms with Crippen molar-refractivity contribution in [1.82, 2.24) is 5.32 Å². The number of sulfone groups is 1. The van der Waals surface area contributed by atoms with Crippen LogP contribution in [0.3, 0.4) is 0 Å². The van der Waals surface area contributed by atoms with E-state index in [9.17, 15) is 8.42 Å². The topological polar surface area (TPSA) is 46.2 Å². The van der Waals surface area contributed by atoms with Crippen LogP contribution in [0.25, 0.3) is 0 Å². The van der Waals surface area contributed by atoms with Crippen LogP contribution in [-0.4, -0.2) is 21.2 Å². The van der Waals surface area contributed by atoms with Crippen molar-refractivity contribution in [1.29, 1.82) is 0 Å². The Kier molecular flexibility index (Phi) is 2.33. The smallest absolute Gasteiger partial charge is 0.175 e. The van der Waals surface area contributed by atoms with Gasteiger partial charge >= 0.3 is 0 Å². The lowest BCUT2D eigenvalue weighted by molar-refractivity contribution is 0.383. The second-order valence-corrected chi connectivity index (χ2v) is 5.66. The molecule has 1 aliphatic rings. The van der Waals surface area contributed by atoms with Crippen molar-refractivity contribution in [3.8, 4) is 0 Å². The number of nitrogens with one attached hydrogen (secondary N) is 1. The van der Waals surface area contributed by atoms with Crippen molar-refractivity contribution in [2.24, 2.45) is 0 Å². The van der Waals surface area contributed by atoms with E-state index in [4.69, 9.17) is 0 Å². The zero-order valence-corrected chi connectivity index (χ0v) is 8.84. The maximum absolute atomic E-state index is 11.3. The molecule has 0 bridgehead atoms. The number of rotatable bonds is 2. The van der Waals surface area contributed by atoms with Gasteiger partial charge in [-0.1, -0.05) is 12.1 Å². The predicted octanol–water partition coefficient (Wildman–Crippen LogP) is 1.12. The fourth-order valence-corrected chi connectivity index (χ4v) is 2.21. The van der Waals surface area contributed by atoms with E-state index in [1.54, 1.807) is 18.2 Å². The van der Waals surface area contributed by atoms with Crippen LogP contribution < -0.4 is 5.32 Å². The van der Waals surface area contributed by atoms with E-state index < -0.39 is 9.84 Å². The van der Waals surface area contributed by atoms with Gasteiger partial charge in [0.2, 0.25) is 0 Å². The Morgan fingerprint density at radius 3 is 2.64 bits per heavy atom. The summed E-state index contributed by atoms with van der Waals surface area (Å²) in [7, 11) is -3.07. The summed E-state index contributed by atoms with van der Waals surface area (Å²) in [5.41, 5.74) is 1.07. The van der Waals surface area contributed by atoms with Gasteiger partial charge in [-0.25, -0.2) is 8.42 Å². The van der Waals surface area contributed by atoms with Crippen molar-refractivity contribution in [3.63, 3.8) is 0 Å². The molecule has 14 heavy (non-hydrogen) atoms. The quantitative estimate of drug-likeness (QED) is 0.797. The first-order chi connectivity index (χ1) is 6.57. The Morgan fingerprint density at radius 1 is 1.43 bits per heavy atom. The third-order valence-electron chi connectivity index (χ3n) is 2.51. The molecule has 3 nitrogen and oxygen atoms in total. The Morgan fingerprint density at radius 2 is 2.14 bits per heavy atom. The number of hydrogen-bond donors (Lipinski definition) is 1. The molecule has 0 saturated carbocycles. The zero-order chi connectivity index (χ0) is 10.2. The van der Waals surface area contributed by atoms with Crippen LogP contribution in [0.5, 0.6) is 0 Å². The van der Waals surface area contributed by atoms with Gasteiger partial charge in [-0.3, -0.25) is 0 Å². The second kappa shape index (κ2) is 3.37. The summed E-state index contributed by atoms with van der Waals surface area (Å²) in [6.07, 6.45) is 2.33. The molecule has 1 heterocycles. The van der Waals surface area contributed by atoms with Crippen molar-refractivity contribution < 1.29 is 8.42 Å². The van der Waals surface area contributed by atoms with Gasteiger partial charge in [-0.15, -0.1) is 0 Å². The average molecular weight is 211 g/mol. The lowest BCUT2D eigenvalue weighted by atomic mass is 9.98. The van der Waals surface area contributed by atoms with Crippen LogP contribution in [0.4, 0.5) is 0 Å². The van der Waals surface area contributed by atoms with Gasteiger partial charge < -0.3 is 5.32 Å². The van der Waals surface area contributed by atoms with Crippen molar-refractivity contribution >= 4 is 9.84 Å². The monoisotopic (exact) mass is 211 g/mol. The van der Waals surface area contributed by atoms with Crippen LogP contribution in [-0.2, 0) is 9.84 Å². The minimum absolute atomic E-state index is 0.344. The Balaban J connectivity index is 2.36. The van der Waals surface area contributed by atoms with Crippen LogP contribution >= 0.6 is 0 Å². The summed E-state index contributed by atoms with van der Waals surface area (Å²) in [4.78, 5) is 0.406. The minimum atomic E-state index is -3.07. The van der Waals surface area contributed by atoms with Crippen molar-refractivity contribution in [2.45, 2.75) is 17.4 Å².